The number of rotatable bonds is 5. The number of hydrogen-bond acceptors (Lipinski definition) is 5. The zero-order chi connectivity index (χ0) is 20.1. The number of amides is 1. The summed E-state index contributed by atoms with van der Waals surface area (Å²) < 4.78 is 5.32. The van der Waals surface area contributed by atoms with E-state index in [1.807, 2.05) is 47.5 Å². The van der Waals surface area contributed by atoms with Crippen molar-refractivity contribution >= 4 is 5.91 Å². The maximum atomic E-state index is 12.8. The van der Waals surface area contributed by atoms with Crippen LogP contribution in [0.3, 0.4) is 0 Å². The van der Waals surface area contributed by atoms with Crippen molar-refractivity contribution < 1.29 is 9.53 Å². The van der Waals surface area contributed by atoms with Crippen molar-refractivity contribution in [3.63, 3.8) is 0 Å². The van der Waals surface area contributed by atoms with Crippen LogP contribution in [0.2, 0.25) is 0 Å². The molecule has 1 aromatic carbocycles. The lowest BCUT2D eigenvalue weighted by molar-refractivity contribution is -0.131. The van der Waals surface area contributed by atoms with E-state index in [2.05, 4.69) is 9.97 Å². The van der Waals surface area contributed by atoms with Crippen LogP contribution in [0, 0.1) is 0 Å². The molecule has 0 aliphatic carbocycles. The van der Waals surface area contributed by atoms with Crippen LogP contribution >= 0.6 is 0 Å². The summed E-state index contributed by atoms with van der Waals surface area (Å²) in [6, 6.07) is 11.6. The van der Waals surface area contributed by atoms with E-state index in [0.717, 1.165) is 47.7 Å². The van der Waals surface area contributed by atoms with Gasteiger partial charge in [0.15, 0.2) is 0 Å². The molecule has 1 atom stereocenters. The Balaban J connectivity index is 1.49. The highest BCUT2D eigenvalue weighted by atomic mass is 16.5. The zero-order valence-electron chi connectivity index (χ0n) is 16.5. The van der Waals surface area contributed by atoms with E-state index in [0.29, 0.717) is 13.0 Å². The molecule has 148 valence electrons. The standard InChI is InChI=1S/C23H24N4O2/c1-29-20-6-2-4-18(13-20)21-14-25-15-22(26-21)19-5-3-11-27(16-19)23(28)12-17-7-9-24-10-8-17/h2,4,6-10,13-15,19H,3,5,11-12,16H2,1H3/t19-/m0/s1. The summed E-state index contributed by atoms with van der Waals surface area (Å²) in [6.45, 7) is 1.48. The minimum absolute atomic E-state index is 0.151. The van der Waals surface area contributed by atoms with Gasteiger partial charge in [0.1, 0.15) is 5.75 Å². The molecule has 0 unspecified atom stereocenters. The van der Waals surface area contributed by atoms with Gasteiger partial charge in [-0.05, 0) is 42.7 Å². The maximum Gasteiger partial charge on any atom is 0.227 e. The molecule has 29 heavy (non-hydrogen) atoms. The van der Waals surface area contributed by atoms with Crippen molar-refractivity contribution in [3.8, 4) is 17.0 Å². The van der Waals surface area contributed by atoms with Gasteiger partial charge in [0.05, 0.1) is 31.1 Å². The van der Waals surface area contributed by atoms with Gasteiger partial charge in [0.25, 0.3) is 0 Å². The number of piperidine rings is 1. The van der Waals surface area contributed by atoms with E-state index in [-0.39, 0.29) is 11.8 Å². The minimum atomic E-state index is 0.151. The molecule has 1 aliphatic rings. The van der Waals surface area contributed by atoms with Crippen LogP contribution in [0.4, 0.5) is 0 Å². The molecule has 0 bridgehead atoms. The zero-order valence-corrected chi connectivity index (χ0v) is 16.5. The predicted octanol–water partition coefficient (Wildman–Crippen LogP) is 3.50. The van der Waals surface area contributed by atoms with Gasteiger partial charge in [0, 0.05) is 43.2 Å². The molecule has 1 saturated heterocycles. The van der Waals surface area contributed by atoms with Crippen LogP contribution < -0.4 is 4.74 Å². The smallest absolute Gasteiger partial charge is 0.227 e. The summed E-state index contributed by atoms with van der Waals surface area (Å²) in [5.41, 5.74) is 3.72. The number of hydrogen-bond donors (Lipinski definition) is 0. The lowest BCUT2D eigenvalue weighted by atomic mass is 9.94. The lowest BCUT2D eigenvalue weighted by Gasteiger charge is -2.32. The van der Waals surface area contributed by atoms with E-state index in [1.165, 1.54) is 0 Å². The first-order chi connectivity index (χ1) is 14.2. The Morgan fingerprint density at radius 3 is 2.86 bits per heavy atom. The molecular weight excluding hydrogens is 364 g/mol. The number of nitrogens with zero attached hydrogens (tertiary/aromatic N) is 4. The van der Waals surface area contributed by atoms with Gasteiger partial charge >= 0.3 is 0 Å². The average molecular weight is 388 g/mol. The van der Waals surface area contributed by atoms with Crippen molar-refractivity contribution in [3.05, 3.63) is 72.4 Å². The van der Waals surface area contributed by atoms with Crippen molar-refractivity contribution in [2.45, 2.75) is 25.2 Å². The van der Waals surface area contributed by atoms with Gasteiger partial charge in [-0.15, -0.1) is 0 Å². The van der Waals surface area contributed by atoms with Crippen LogP contribution in [0.25, 0.3) is 11.3 Å². The first-order valence-corrected chi connectivity index (χ1v) is 9.86. The van der Waals surface area contributed by atoms with Crippen LogP contribution in [0.15, 0.2) is 61.2 Å². The summed E-state index contributed by atoms with van der Waals surface area (Å²) in [6.07, 6.45) is 9.43. The first-order valence-electron chi connectivity index (χ1n) is 9.86. The monoisotopic (exact) mass is 388 g/mol. The highest BCUT2D eigenvalue weighted by molar-refractivity contribution is 5.79. The molecule has 0 radical (unpaired) electrons. The Hall–Kier alpha value is -3.28. The molecule has 4 rings (SSSR count). The summed E-state index contributed by atoms with van der Waals surface area (Å²) in [7, 11) is 1.65. The number of carbonyl (C=O) groups excluding carboxylic acids is 1. The number of methoxy groups -OCH3 is 1. The van der Waals surface area contributed by atoms with Crippen LogP contribution in [-0.4, -0.2) is 46.0 Å². The highest BCUT2D eigenvalue weighted by Gasteiger charge is 2.26. The van der Waals surface area contributed by atoms with Gasteiger partial charge < -0.3 is 9.64 Å². The van der Waals surface area contributed by atoms with E-state index in [1.54, 1.807) is 25.7 Å². The fourth-order valence-electron chi connectivity index (χ4n) is 3.73. The topological polar surface area (TPSA) is 68.2 Å². The normalized spacial score (nSPS) is 16.4. The van der Waals surface area contributed by atoms with Gasteiger partial charge in [0.2, 0.25) is 5.91 Å². The molecule has 2 aromatic heterocycles. The van der Waals surface area contributed by atoms with Crippen molar-refractivity contribution in [2.75, 3.05) is 20.2 Å². The fraction of sp³-hybridized carbons (Fsp3) is 0.304. The second-order valence-electron chi connectivity index (χ2n) is 7.27. The third kappa shape index (κ3) is 4.59. The Labute approximate surface area is 170 Å². The Morgan fingerprint density at radius 1 is 1.17 bits per heavy atom. The molecule has 0 spiro atoms. The summed E-state index contributed by atoms with van der Waals surface area (Å²) >= 11 is 0. The lowest BCUT2D eigenvalue weighted by Crippen LogP contribution is -2.40. The summed E-state index contributed by atoms with van der Waals surface area (Å²) in [5, 5.41) is 0. The molecule has 1 aliphatic heterocycles. The maximum absolute atomic E-state index is 12.8. The number of carbonyl (C=O) groups is 1. The Bertz CT molecular complexity index is 977. The van der Waals surface area contributed by atoms with Crippen LogP contribution in [0.1, 0.15) is 30.0 Å². The van der Waals surface area contributed by atoms with Crippen molar-refractivity contribution in [1.29, 1.82) is 0 Å². The van der Waals surface area contributed by atoms with Gasteiger partial charge in [-0.3, -0.25) is 14.8 Å². The second kappa shape index (κ2) is 8.82. The molecular formula is C23H24N4O2. The van der Waals surface area contributed by atoms with Crippen LogP contribution in [0.5, 0.6) is 5.75 Å². The second-order valence-corrected chi connectivity index (χ2v) is 7.27. The highest BCUT2D eigenvalue weighted by Crippen LogP contribution is 2.28. The molecule has 3 heterocycles. The molecule has 0 N–H and O–H groups in total. The third-order valence-electron chi connectivity index (χ3n) is 5.32. The SMILES string of the molecule is COc1cccc(-c2cncc([C@H]3CCCN(C(=O)Cc4ccncc4)C3)n2)c1. The Kier molecular flexibility index (Phi) is 5.79. The molecule has 0 saturated carbocycles. The van der Waals surface area contributed by atoms with E-state index >= 15 is 0 Å². The summed E-state index contributed by atoms with van der Waals surface area (Å²) in [5.74, 6) is 1.14. The van der Waals surface area contributed by atoms with Crippen LogP contribution in [-0.2, 0) is 11.2 Å². The Morgan fingerprint density at radius 2 is 2.03 bits per heavy atom. The molecule has 3 aromatic rings. The fourth-order valence-corrected chi connectivity index (χ4v) is 3.73. The number of pyridine rings is 1. The van der Waals surface area contributed by atoms with Gasteiger partial charge in [-0.2, -0.15) is 0 Å². The molecule has 6 nitrogen and oxygen atoms in total. The quantitative estimate of drug-likeness (QED) is 0.669. The van der Waals surface area contributed by atoms with Gasteiger partial charge in [-0.25, -0.2) is 4.98 Å². The average Bonchev–Trinajstić information content (AvgIpc) is 2.80. The van der Waals surface area contributed by atoms with E-state index < -0.39 is 0 Å². The number of benzene rings is 1. The minimum Gasteiger partial charge on any atom is -0.497 e. The third-order valence-corrected chi connectivity index (χ3v) is 5.32. The first kappa shape index (κ1) is 19.1. The largest absolute Gasteiger partial charge is 0.497 e. The van der Waals surface area contributed by atoms with Gasteiger partial charge in [-0.1, -0.05) is 12.1 Å². The molecule has 6 heteroatoms. The van der Waals surface area contributed by atoms with Crippen molar-refractivity contribution in [2.24, 2.45) is 0 Å². The van der Waals surface area contributed by atoms with E-state index in [4.69, 9.17) is 9.72 Å². The number of likely N-dealkylation sites (tertiary alicyclic amines) is 1. The van der Waals surface area contributed by atoms with E-state index in [9.17, 15) is 4.79 Å². The number of ether oxygens (including phenoxy) is 1. The molecule has 1 fully saturated rings. The molecule has 1 amide bonds. The van der Waals surface area contributed by atoms with Crippen molar-refractivity contribution in [1.82, 2.24) is 19.9 Å². The predicted molar refractivity (Wildman–Crippen MR) is 111 cm³/mol. The number of aromatic nitrogens is 3. The summed E-state index contributed by atoms with van der Waals surface area (Å²) in [4.78, 5) is 28.0.